The van der Waals surface area contributed by atoms with Crippen molar-refractivity contribution < 1.29 is 13.9 Å². The Labute approximate surface area is 160 Å². The summed E-state index contributed by atoms with van der Waals surface area (Å²) in [5.41, 5.74) is 2.05. The summed E-state index contributed by atoms with van der Waals surface area (Å²) >= 11 is 0. The molecule has 0 aliphatic carbocycles. The Kier molecular flexibility index (Phi) is 6.79. The van der Waals surface area contributed by atoms with Crippen molar-refractivity contribution in [3.8, 4) is 11.5 Å². The molecular formula is C21H27N3O3. The summed E-state index contributed by atoms with van der Waals surface area (Å²) in [6.07, 6.45) is 3.36. The van der Waals surface area contributed by atoms with E-state index in [4.69, 9.17) is 18.9 Å². The van der Waals surface area contributed by atoms with Gasteiger partial charge in [0, 0.05) is 31.5 Å². The van der Waals surface area contributed by atoms with E-state index in [0.717, 1.165) is 53.7 Å². The van der Waals surface area contributed by atoms with Crippen LogP contribution < -0.4 is 20.1 Å². The Morgan fingerprint density at radius 2 is 2.04 bits per heavy atom. The molecule has 0 amide bonds. The molecule has 0 saturated carbocycles. The maximum Gasteiger partial charge on any atom is 0.191 e. The highest BCUT2D eigenvalue weighted by molar-refractivity contribution is 5.80. The quantitative estimate of drug-likeness (QED) is 0.445. The third-order valence-electron chi connectivity index (χ3n) is 4.06. The Balaban J connectivity index is 1.66. The second-order valence-electron chi connectivity index (χ2n) is 6.53. The van der Waals surface area contributed by atoms with Gasteiger partial charge in [-0.15, -0.1) is 0 Å². The maximum absolute atomic E-state index is 5.88. The summed E-state index contributed by atoms with van der Waals surface area (Å²) in [6.45, 7) is 9.15. The number of fused-ring (bicyclic) bond motifs is 1. The largest absolute Gasteiger partial charge is 0.490 e. The SMILES string of the molecule is C=C(C)CNC(=NCc1cccc2c1OCCCO2)NCCc1ccco1. The Morgan fingerprint density at radius 3 is 2.85 bits per heavy atom. The van der Waals surface area contributed by atoms with Gasteiger partial charge in [-0.1, -0.05) is 24.3 Å². The van der Waals surface area contributed by atoms with E-state index in [1.54, 1.807) is 6.26 Å². The van der Waals surface area contributed by atoms with Crippen LogP contribution in [0.5, 0.6) is 11.5 Å². The average Bonchev–Trinajstić information content (AvgIpc) is 3.06. The van der Waals surface area contributed by atoms with Crippen molar-refractivity contribution in [2.45, 2.75) is 26.3 Å². The van der Waals surface area contributed by atoms with Gasteiger partial charge in [0.15, 0.2) is 17.5 Å². The number of furan rings is 1. The lowest BCUT2D eigenvalue weighted by molar-refractivity contribution is 0.296. The predicted molar refractivity (Wildman–Crippen MR) is 106 cm³/mol. The number of ether oxygens (including phenoxy) is 2. The van der Waals surface area contributed by atoms with Gasteiger partial charge in [0.2, 0.25) is 0 Å². The Hall–Kier alpha value is -2.89. The second-order valence-corrected chi connectivity index (χ2v) is 6.53. The van der Waals surface area contributed by atoms with Gasteiger partial charge in [0.05, 0.1) is 26.0 Å². The van der Waals surface area contributed by atoms with E-state index < -0.39 is 0 Å². The first-order valence-corrected chi connectivity index (χ1v) is 9.29. The fourth-order valence-corrected chi connectivity index (χ4v) is 2.71. The standard InChI is InChI=1S/C21H27N3O3/c1-16(2)14-23-21(22-10-9-18-7-4-11-25-18)24-15-17-6-3-8-19-20(17)27-13-5-12-26-19/h3-4,6-8,11H,1,5,9-10,12-15H2,2H3,(H2,22,23,24). The van der Waals surface area contributed by atoms with Crippen molar-refractivity contribution in [1.82, 2.24) is 10.6 Å². The molecule has 0 saturated heterocycles. The van der Waals surface area contributed by atoms with Gasteiger partial charge in [0.25, 0.3) is 0 Å². The number of para-hydroxylation sites is 1. The van der Waals surface area contributed by atoms with Crippen LogP contribution in [0.3, 0.4) is 0 Å². The van der Waals surface area contributed by atoms with Crippen LogP contribution in [0.1, 0.15) is 24.7 Å². The van der Waals surface area contributed by atoms with Crippen molar-refractivity contribution in [1.29, 1.82) is 0 Å². The Morgan fingerprint density at radius 1 is 1.15 bits per heavy atom. The van der Waals surface area contributed by atoms with Crippen molar-refractivity contribution in [2.24, 2.45) is 4.99 Å². The number of benzene rings is 1. The monoisotopic (exact) mass is 369 g/mol. The predicted octanol–water partition coefficient (Wildman–Crippen LogP) is 3.29. The molecule has 0 bridgehead atoms. The van der Waals surface area contributed by atoms with Crippen molar-refractivity contribution in [3.63, 3.8) is 0 Å². The fraction of sp³-hybridized carbons (Fsp3) is 0.381. The van der Waals surface area contributed by atoms with E-state index >= 15 is 0 Å². The number of hydrogen-bond acceptors (Lipinski definition) is 4. The van der Waals surface area contributed by atoms with E-state index in [-0.39, 0.29) is 0 Å². The number of nitrogens with one attached hydrogen (secondary N) is 2. The molecule has 6 nitrogen and oxygen atoms in total. The lowest BCUT2D eigenvalue weighted by atomic mass is 10.2. The van der Waals surface area contributed by atoms with Gasteiger partial charge in [-0.3, -0.25) is 0 Å². The molecule has 1 aliphatic rings. The topological polar surface area (TPSA) is 68.0 Å². The number of rotatable bonds is 7. The molecule has 0 fully saturated rings. The van der Waals surface area contributed by atoms with E-state index in [1.165, 1.54) is 0 Å². The van der Waals surface area contributed by atoms with Crippen LogP contribution in [0.15, 0.2) is 58.2 Å². The Bertz CT molecular complexity index is 769. The summed E-state index contributed by atoms with van der Waals surface area (Å²) in [5.74, 6) is 3.27. The van der Waals surface area contributed by atoms with Crippen LogP contribution in [0.2, 0.25) is 0 Å². The first-order valence-electron chi connectivity index (χ1n) is 9.29. The highest BCUT2D eigenvalue weighted by atomic mass is 16.5. The van der Waals surface area contributed by atoms with Gasteiger partial charge < -0.3 is 24.5 Å². The smallest absolute Gasteiger partial charge is 0.191 e. The third kappa shape index (κ3) is 5.81. The zero-order valence-electron chi connectivity index (χ0n) is 15.8. The summed E-state index contributed by atoms with van der Waals surface area (Å²) < 4.78 is 17.0. The molecule has 27 heavy (non-hydrogen) atoms. The van der Waals surface area contributed by atoms with Crippen molar-refractivity contribution in [2.75, 3.05) is 26.3 Å². The highest BCUT2D eigenvalue weighted by Gasteiger charge is 2.14. The van der Waals surface area contributed by atoms with Gasteiger partial charge >= 0.3 is 0 Å². The zero-order valence-corrected chi connectivity index (χ0v) is 15.8. The fourth-order valence-electron chi connectivity index (χ4n) is 2.71. The number of hydrogen-bond donors (Lipinski definition) is 2. The molecule has 2 aromatic rings. The number of aliphatic imine (C=N–C) groups is 1. The third-order valence-corrected chi connectivity index (χ3v) is 4.06. The first-order chi connectivity index (χ1) is 13.2. The number of guanidine groups is 1. The number of nitrogens with zero attached hydrogens (tertiary/aromatic N) is 1. The van der Waals surface area contributed by atoms with Crippen LogP contribution >= 0.6 is 0 Å². The molecule has 1 aromatic heterocycles. The van der Waals surface area contributed by atoms with Crippen LogP contribution in [-0.4, -0.2) is 32.3 Å². The maximum atomic E-state index is 5.88. The summed E-state index contributed by atoms with van der Waals surface area (Å²) in [7, 11) is 0. The van der Waals surface area contributed by atoms with E-state index in [1.807, 2.05) is 37.3 Å². The average molecular weight is 369 g/mol. The first kappa shape index (κ1) is 18.9. The van der Waals surface area contributed by atoms with E-state index in [0.29, 0.717) is 26.3 Å². The van der Waals surface area contributed by atoms with Crippen LogP contribution in [0.4, 0.5) is 0 Å². The lowest BCUT2D eigenvalue weighted by Crippen LogP contribution is -2.39. The normalized spacial score (nSPS) is 13.7. The van der Waals surface area contributed by atoms with Gasteiger partial charge in [0.1, 0.15) is 5.76 Å². The van der Waals surface area contributed by atoms with Crippen LogP contribution in [0, 0.1) is 0 Å². The van der Waals surface area contributed by atoms with E-state index in [2.05, 4.69) is 17.2 Å². The molecule has 6 heteroatoms. The molecular weight excluding hydrogens is 342 g/mol. The van der Waals surface area contributed by atoms with Crippen molar-refractivity contribution >= 4 is 5.96 Å². The van der Waals surface area contributed by atoms with Gasteiger partial charge in [-0.05, 0) is 25.1 Å². The van der Waals surface area contributed by atoms with Crippen LogP contribution in [0.25, 0.3) is 0 Å². The minimum Gasteiger partial charge on any atom is -0.490 e. The molecule has 0 radical (unpaired) electrons. The molecule has 2 N–H and O–H groups in total. The molecule has 2 heterocycles. The summed E-state index contributed by atoms with van der Waals surface area (Å²) in [6, 6.07) is 9.80. The molecule has 1 aliphatic heterocycles. The molecule has 0 unspecified atom stereocenters. The highest BCUT2D eigenvalue weighted by Crippen LogP contribution is 2.33. The molecule has 0 spiro atoms. The molecule has 0 atom stereocenters. The minimum absolute atomic E-state index is 0.499. The van der Waals surface area contributed by atoms with Crippen molar-refractivity contribution in [3.05, 3.63) is 60.1 Å². The second kappa shape index (κ2) is 9.71. The van der Waals surface area contributed by atoms with E-state index in [9.17, 15) is 0 Å². The molecule has 1 aromatic carbocycles. The van der Waals surface area contributed by atoms with Gasteiger partial charge in [-0.25, -0.2) is 4.99 Å². The summed E-state index contributed by atoms with van der Waals surface area (Å²) in [4.78, 5) is 4.71. The minimum atomic E-state index is 0.499. The van der Waals surface area contributed by atoms with Gasteiger partial charge in [-0.2, -0.15) is 0 Å². The lowest BCUT2D eigenvalue weighted by Gasteiger charge is -2.14. The summed E-state index contributed by atoms with van der Waals surface area (Å²) in [5, 5.41) is 6.64. The van der Waals surface area contributed by atoms with Crippen LogP contribution in [-0.2, 0) is 13.0 Å². The zero-order chi connectivity index (χ0) is 18.9. The molecule has 144 valence electrons. The molecule has 3 rings (SSSR count).